The van der Waals surface area contributed by atoms with Crippen molar-refractivity contribution in [1.29, 1.82) is 0 Å². The molecule has 1 fully saturated rings. The summed E-state index contributed by atoms with van der Waals surface area (Å²) in [6, 6.07) is 0. The number of hydrogen-bond acceptors (Lipinski definition) is 5. The van der Waals surface area contributed by atoms with Crippen molar-refractivity contribution in [2.75, 3.05) is 31.7 Å². The van der Waals surface area contributed by atoms with E-state index in [4.69, 9.17) is 9.47 Å². The van der Waals surface area contributed by atoms with Gasteiger partial charge in [0.05, 0.1) is 19.5 Å². The maximum absolute atomic E-state index is 11.7. The molecule has 1 aromatic rings. The van der Waals surface area contributed by atoms with E-state index < -0.39 is 0 Å². The predicted octanol–water partition coefficient (Wildman–Crippen LogP) is 1.17. The van der Waals surface area contributed by atoms with E-state index >= 15 is 0 Å². The van der Waals surface area contributed by atoms with Gasteiger partial charge in [-0.2, -0.15) is 0 Å². The number of methoxy groups -OCH3 is 1. The minimum Gasteiger partial charge on any atom is -0.489 e. The minimum absolute atomic E-state index is 0.208. The number of hydrogen-bond donors (Lipinski definition) is 1. The molecule has 6 heteroatoms. The summed E-state index contributed by atoms with van der Waals surface area (Å²) in [5.41, 5.74) is -0.246. The fourth-order valence-corrected chi connectivity index (χ4v) is 2.34. The van der Waals surface area contributed by atoms with E-state index in [1.807, 2.05) is 0 Å². The van der Waals surface area contributed by atoms with E-state index in [2.05, 4.69) is 21.8 Å². The van der Waals surface area contributed by atoms with Gasteiger partial charge in [0.1, 0.15) is 0 Å². The Bertz CT molecular complexity index is 461. The number of anilines is 1. The molecule has 19 heavy (non-hydrogen) atoms. The first-order valence-electron chi connectivity index (χ1n) is 6.74. The van der Waals surface area contributed by atoms with E-state index in [0.29, 0.717) is 5.82 Å². The number of rotatable bonds is 5. The molecular formula is C13H21N3O3. The van der Waals surface area contributed by atoms with Gasteiger partial charge < -0.3 is 19.4 Å². The molecule has 1 N–H and O–H groups in total. The molecular weight excluding hydrogens is 246 g/mol. The molecule has 1 saturated heterocycles. The third-order valence-corrected chi connectivity index (χ3v) is 3.23. The van der Waals surface area contributed by atoms with Crippen LogP contribution in [0.4, 0.5) is 5.82 Å². The molecule has 1 aliphatic heterocycles. The molecule has 0 aliphatic carbocycles. The summed E-state index contributed by atoms with van der Waals surface area (Å²) in [5, 5.41) is 0. The molecule has 106 valence electrons. The second-order valence-electron chi connectivity index (χ2n) is 4.67. The van der Waals surface area contributed by atoms with Crippen LogP contribution in [0.3, 0.4) is 0 Å². The van der Waals surface area contributed by atoms with Crippen molar-refractivity contribution in [3.63, 3.8) is 0 Å². The summed E-state index contributed by atoms with van der Waals surface area (Å²) in [4.78, 5) is 20.5. The lowest BCUT2D eigenvalue weighted by molar-refractivity contribution is 0.0438. The van der Waals surface area contributed by atoms with Crippen LogP contribution in [-0.4, -0.2) is 42.9 Å². The fraction of sp³-hybridized carbons (Fsp3) is 0.692. The van der Waals surface area contributed by atoms with Crippen LogP contribution in [0.1, 0.15) is 26.2 Å². The van der Waals surface area contributed by atoms with Gasteiger partial charge in [0.2, 0.25) is 5.75 Å². The molecule has 0 radical (unpaired) electrons. The number of nitrogens with zero attached hydrogens (tertiary/aromatic N) is 2. The SMILES string of the molecule is CCCOC1CCCN(c2nc[nH]c(=O)c2OC)C1. The molecule has 0 aromatic carbocycles. The fourth-order valence-electron chi connectivity index (χ4n) is 2.34. The summed E-state index contributed by atoms with van der Waals surface area (Å²) in [5.74, 6) is 0.884. The van der Waals surface area contributed by atoms with Gasteiger partial charge in [0.25, 0.3) is 5.56 Å². The maximum atomic E-state index is 11.7. The third-order valence-electron chi connectivity index (χ3n) is 3.23. The molecule has 0 saturated carbocycles. The maximum Gasteiger partial charge on any atom is 0.295 e. The van der Waals surface area contributed by atoms with Crippen LogP contribution in [0.5, 0.6) is 5.75 Å². The summed E-state index contributed by atoms with van der Waals surface area (Å²) in [7, 11) is 1.49. The summed E-state index contributed by atoms with van der Waals surface area (Å²) < 4.78 is 10.9. The highest BCUT2D eigenvalue weighted by Crippen LogP contribution is 2.25. The number of piperidine rings is 1. The highest BCUT2D eigenvalue weighted by Gasteiger charge is 2.24. The summed E-state index contributed by atoms with van der Waals surface area (Å²) >= 11 is 0. The predicted molar refractivity (Wildman–Crippen MR) is 72.9 cm³/mol. The van der Waals surface area contributed by atoms with Crippen LogP contribution < -0.4 is 15.2 Å². The van der Waals surface area contributed by atoms with Crippen molar-refractivity contribution in [3.05, 3.63) is 16.7 Å². The molecule has 1 aliphatic rings. The summed E-state index contributed by atoms with van der Waals surface area (Å²) in [6.07, 6.45) is 4.73. The monoisotopic (exact) mass is 267 g/mol. The Morgan fingerprint density at radius 2 is 2.42 bits per heavy atom. The number of aromatic amines is 1. The molecule has 0 amide bonds. The van der Waals surface area contributed by atoms with E-state index in [0.717, 1.165) is 39.0 Å². The van der Waals surface area contributed by atoms with Gasteiger partial charge in [-0.05, 0) is 19.3 Å². The highest BCUT2D eigenvalue weighted by atomic mass is 16.5. The van der Waals surface area contributed by atoms with Crippen LogP contribution >= 0.6 is 0 Å². The zero-order valence-corrected chi connectivity index (χ0v) is 11.5. The lowest BCUT2D eigenvalue weighted by Gasteiger charge is -2.33. The Morgan fingerprint density at radius 1 is 1.58 bits per heavy atom. The normalized spacial score (nSPS) is 19.5. The number of ether oxygens (including phenoxy) is 2. The largest absolute Gasteiger partial charge is 0.489 e. The van der Waals surface area contributed by atoms with Gasteiger partial charge in [0, 0.05) is 19.7 Å². The van der Waals surface area contributed by atoms with Crippen LogP contribution in [0.25, 0.3) is 0 Å². The number of H-pyrrole nitrogens is 1. The average molecular weight is 267 g/mol. The standard InChI is InChI=1S/C13H21N3O3/c1-3-7-19-10-5-4-6-16(8-10)12-11(18-2)13(17)15-9-14-12/h9-10H,3-8H2,1-2H3,(H,14,15,17). The van der Waals surface area contributed by atoms with Crippen molar-refractivity contribution in [1.82, 2.24) is 9.97 Å². The van der Waals surface area contributed by atoms with Crippen molar-refractivity contribution >= 4 is 5.82 Å². The van der Waals surface area contributed by atoms with Crippen LogP contribution in [0.2, 0.25) is 0 Å². The summed E-state index contributed by atoms with van der Waals surface area (Å²) in [6.45, 7) is 4.51. The Hall–Kier alpha value is -1.56. The molecule has 1 aromatic heterocycles. The quantitative estimate of drug-likeness (QED) is 0.867. The van der Waals surface area contributed by atoms with E-state index in [1.165, 1.54) is 13.4 Å². The Kier molecular flexibility index (Phi) is 4.79. The second kappa shape index (κ2) is 6.56. The second-order valence-corrected chi connectivity index (χ2v) is 4.67. The first kappa shape index (κ1) is 13.9. The first-order chi connectivity index (χ1) is 9.26. The first-order valence-corrected chi connectivity index (χ1v) is 6.74. The molecule has 0 bridgehead atoms. The van der Waals surface area contributed by atoms with Gasteiger partial charge in [-0.3, -0.25) is 4.79 Å². The molecule has 2 rings (SSSR count). The van der Waals surface area contributed by atoms with Gasteiger partial charge in [-0.15, -0.1) is 0 Å². The van der Waals surface area contributed by atoms with Gasteiger partial charge >= 0.3 is 0 Å². The lowest BCUT2D eigenvalue weighted by Crippen LogP contribution is -2.41. The molecule has 0 spiro atoms. The van der Waals surface area contributed by atoms with Gasteiger partial charge in [-0.25, -0.2) is 4.98 Å². The zero-order valence-electron chi connectivity index (χ0n) is 11.5. The minimum atomic E-state index is -0.246. The molecule has 1 atom stereocenters. The molecule has 2 heterocycles. The van der Waals surface area contributed by atoms with Crippen LogP contribution in [0, 0.1) is 0 Å². The van der Waals surface area contributed by atoms with Crippen LogP contribution in [0.15, 0.2) is 11.1 Å². The van der Waals surface area contributed by atoms with Crippen molar-refractivity contribution < 1.29 is 9.47 Å². The Morgan fingerprint density at radius 3 is 3.16 bits per heavy atom. The van der Waals surface area contributed by atoms with E-state index in [1.54, 1.807) is 0 Å². The van der Waals surface area contributed by atoms with Crippen molar-refractivity contribution in [2.24, 2.45) is 0 Å². The van der Waals surface area contributed by atoms with Gasteiger partial charge in [-0.1, -0.05) is 6.92 Å². The van der Waals surface area contributed by atoms with Crippen LogP contribution in [-0.2, 0) is 4.74 Å². The van der Waals surface area contributed by atoms with Crippen molar-refractivity contribution in [3.8, 4) is 5.75 Å². The lowest BCUT2D eigenvalue weighted by atomic mass is 10.1. The Balaban J connectivity index is 2.13. The zero-order chi connectivity index (χ0) is 13.7. The van der Waals surface area contributed by atoms with Crippen molar-refractivity contribution in [2.45, 2.75) is 32.3 Å². The van der Waals surface area contributed by atoms with E-state index in [-0.39, 0.29) is 17.4 Å². The van der Waals surface area contributed by atoms with Gasteiger partial charge in [0.15, 0.2) is 5.82 Å². The molecule has 1 unspecified atom stereocenters. The number of aromatic nitrogens is 2. The highest BCUT2D eigenvalue weighted by molar-refractivity contribution is 5.51. The third kappa shape index (κ3) is 3.26. The average Bonchev–Trinajstić information content (AvgIpc) is 2.45. The number of nitrogens with one attached hydrogen (secondary N) is 1. The topological polar surface area (TPSA) is 67.5 Å². The van der Waals surface area contributed by atoms with E-state index in [9.17, 15) is 4.79 Å². The molecule has 6 nitrogen and oxygen atoms in total. The smallest absolute Gasteiger partial charge is 0.295 e. The Labute approximate surface area is 112 Å².